The molecule has 22 heavy (non-hydrogen) atoms. The van der Waals surface area contributed by atoms with Gasteiger partial charge in [-0.1, -0.05) is 11.6 Å². The number of anilines is 1. The molecule has 0 heterocycles. The van der Waals surface area contributed by atoms with Crippen LogP contribution in [-0.4, -0.2) is 13.0 Å². The third-order valence-electron chi connectivity index (χ3n) is 2.76. The van der Waals surface area contributed by atoms with Crippen LogP contribution in [0.1, 0.15) is 10.4 Å². The number of rotatable bonds is 3. The summed E-state index contributed by atoms with van der Waals surface area (Å²) in [5.74, 6) is -9.86. The van der Waals surface area contributed by atoms with Crippen LogP contribution in [0.5, 0.6) is 5.75 Å². The molecule has 8 heteroatoms. The number of methoxy groups -OCH3 is 1. The van der Waals surface area contributed by atoms with Crippen molar-refractivity contribution in [2.75, 3.05) is 12.4 Å². The fourth-order valence-corrected chi connectivity index (χ4v) is 1.84. The van der Waals surface area contributed by atoms with E-state index in [-0.39, 0.29) is 5.69 Å². The quantitative estimate of drug-likeness (QED) is 0.676. The lowest BCUT2D eigenvalue weighted by Gasteiger charge is -2.11. The Hall–Kier alpha value is -2.28. The first-order valence-corrected chi connectivity index (χ1v) is 6.21. The second-order valence-electron chi connectivity index (χ2n) is 4.13. The third kappa shape index (κ3) is 2.85. The monoisotopic (exact) mass is 333 g/mol. The molecule has 0 aliphatic rings. The van der Waals surface area contributed by atoms with Crippen molar-refractivity contribution in [2.24, 2.45) is 0 Å². The van der Waals surface area contributed by atoms with Crippen LogP contribution in [0.2, 0.25) is 5.02 Å². The minimum Gasteiger partial charge on any atom is -0.491 e. The van der Waals surface area contributed by atoms with Gasteiger partial charge >= 0.3 is 0 Å². The Balaban J connectivity index is 2.44. The van der Waals surface area contributed by atoms with E-state index >= 15 is 0 Å². The molecule has 0 radical (unpaired) electrons. The molecule has 2 aromatic carbocycles. The molecule has 1 amide bonds. The van der Waals surface area contributed by atoms with Crippen LogP contribution in [0, 0.1) is 23.3 Å². The van der Waals surface area contributed by atoms with Crippen LogP contribution in [0.3, 0.4) is 0 Å². The molecule has 2 aromatic rings. The van der Waals surface area contributed by atoms with Gasteiger partial charge in [0.25, 0.3) is 5.91 Å². The number of carbonyl (C=O) groups is 1. The van der Waals surface area contributed by atoms with Gasteiger partial charge in [-0.25, -0.2) is 8.78 Å². The van der Waals surface area contributed by atoms with Gasteiger partial charge < -0.3 is 10.1 Å². The zero-order chi connectivity index (χ0) is 16.4. The van der Waals surface area contributed by atoms with Gasteiger partial charge in [0.1, 0.15) is 5.56 Å². The lowest BCUT2D eigenvalue weighted by atomic mass is 10.1. The van der Waals surface area contributed by atoms with E-state index in [4.69, 9.17) is 11.6 Å². The molecule has 0 spiro atoms. The van der Waals surface area contributed by atoms with E-state index in [1.165, 1.54) is 24.3 Å². The number of amides is 1. The van der Waals surface area contributed by atoms with Crippen molar-refractivity contribution in [2.45, 2.75) is 0 Å². The number of ether oxygens (including phenoxy) is 1. The maximum atomic E-state index is 13.8. The maximum absolute atomic E-state index is 13.8. The van der Waals surface area contributed by atoms with E-state index in [1.54, 1.807) is 0 Å². The molecule has 0 aromatic heterocycles. The highest BCUT2D eigenvalue weighted by Crippen LogP contribution is 2.30. The predicted molar refractivity (Wildman–Crippen MR) is 72.2 cm³/mol. The summed E-state index contributed by atoms with van der Waals surface area (Å²) in [4.78, 5) is 11.8. The Morgan fingerprint density at radius 3 is 1.95 bits per heavy atom. The fourth-order valence-electron chi connectivity index (χ4n) is 1.72. The average Bonchev–Trinajstić information content (AvgIpc) is 2.48. The van der Waals surface area contributed by atoms with Gasteiger partial charge in [0, 0.05) is 10.7 Å². The molecular weight excluding hydrogens is 326 g/mol. The number of hydrogen-bond donors (Lipinski definition) is 1. The summed E-state index contributed by atoms with van der Waals surface area (Å²) in [5, 5.41) is 2.48. The van der Waals surface area contributed by atoms with E-state index in [0.717, 1.165) is 7.11 Å². The lowest BCUT2D eigenvalue weighted by Crippen LogP contribution is -2.18. The molecule has 0 atom stereocenters. The van der Waals surface area contributed by atoms with Crippen molar-refractivity contribution in [3.8, 4) is 5.75 Å². The summed E-state index contributed by atoms with van der Waals surface area (Å²) < 4.78 is 58.9. The minimum atomic E-state index is -1.85. The highest BCUT2D eigenvalue weighted by Gasteiger charge is 2.30. The molecule has 0 fully saturated rings. The van der Waals surface area contributed by atoms with Crippen molar-refractivity contribution >= 4 is 23.2 Å². The molecule has 0 saturated carbocycles. The predicted octanol–water partition coefficient (Wildman–Crippen LogP) is 4.16. The Morgan fingerprint density at radius 2 is 1.50 bits per heavy atom. The van der Waals surface area contributed by atoms with Gasteiger partial charge in [-0.3, -0.25) is 4.79 Å². The van der Waals surface area contributed by atoms with Gasteiger partial charge in [0.2, 0.25) is 11.6 Å². The van der Waals surface area contributed by atoms with E-state index in [0.29, 0.717) is 5.02 Å². The fraction of sp³-hybridized carbons (Fsp3) is 0.0714. The summed E-state index contributed by atoms with van der Waals surface area (Å²) in [6.07, 6.45) is 0. The largest absolute Gasteiger partial charge is 0.491 e. The molecule has 0 unspecified atom stereocenters. The summed E-state index contributed by atoms with van der Waals surface area (Å²) in [7, 11) is 0.841. The Labute approximate surface area is 127 Å². The van der Waals surface area contributed by atoms with E-state index in [9.17, 15) is 22.4 Å². The highest BCUT2D eigenvalue weighted by molar-refractivity contribution is 6.30. The number of benzene rings is 2. The van der Waals surface area contributed by atoms with E-state index < -0.39 is 40.5 Å². The van der Waals surface area contributed by atoms with Crippen LogP contribution in [0.4, 0.5) is 23.2 Å². The van der Waals surface area contributed by atoms with Gasteiger partial charge in [-0.15, -0.1) is 0 Å². The minimum absolute atomic E-state index is 0.143. The summed E-state index contributed by atoms with van der Waals surface area (Å²) >= 11 is 5.64. The Morgan fingerprint density at radius 1 is 1.00 bits per heavy atom. The summed E-state index contributed by atoms with van der Waals surface area (Å²) in [6, 6.07) is 5.54. The third-order valence-corrected chi connectivity index (χ3v) is 3.01. The molecule has 116 valence electrons. The molecule has 1 N–H and O–H groups in total. The normalized spacial score (nSPS) is 10.5. The summed E-state index contributed by atoms with van der Waals surface area (Å²) in [5.41, 5.74) is -1.24. The van der Waals surface area contributed by atoms with Gasteiger partial charge in [-0.2, -0.15) is 8.78 Å². The van der Waals surface area contributed by atoms with Crippen LogP contribution >= 0.6 is 11.6 Å². The summed E-state index contributed by atoms with van der Waals surface area (Å²) in [6.45, 7) is 0. The first-order chi connectivity index (χ1) is 10.4. The molecule has 0 saturated heterocycles. The molecule has 0 bridgehead atoms. The number of nitrogens with one attached hydrogen (secondary N) is 1. The van der Waals surface area contributed by atoms with Gasteiger partial charge in [0.05, 0.1) is 7.11 Å². The van der Waals surface area contributed by atoms with Crippen molar-refractivity contribution < 1.29 is 27.1 Å². The topological polar surface area (TPSA) is 38.3 Å². The van der Waals surface area contributed by atoms with Gasteiger partial charge in [-0.05, 0) is 24.3 Å². The zero-order valence-corrected chi connectivity index (χ0v) is 11.8. The Bertz CT molecular complexity index is 706. The van der Waals surface area contributed by atoms with Crippen LogP contribution < -0.4 is 10.1 Å². The van der Waals surface area contributed by atoms with Gasteiger partial charge in [0.15, 0.2) is 17.4 Å². The first kappa shape index (κ1) is 16.1. The average molecular weight is 334 g/mol. The van der Waals surface area contributed by atoms with Crippen molar-refractivity contribution in [1.82, 2.24) is 0 Å². The smallest absolute Gasteiger partial charge is 0.261 e. The second-order valence-corrected chi connectivity index (χ2v) is 4.56. The second kappa shape index (κ2) is 6.23. The molecule has 2 rings (SSSR count). The first-order valence-electron chi connectivity index (χ1n) is 5.83. The molecular formula is C14H8ClF4NO2. The van der Waals surface area contributed by atoms with E-state index in [1.807, 2.05) is 0 Å². The standard InChI is InChI=1S/C14H8ClF4NO2/c1-22-13-11(18)9(16)8(10(17)12(13)19)14(21)20-7-4-2-6(15)3-5-7/h2-5H,1H3,(H,20,21). The van der Waals surface area contributed by atoms with Crippen LogP contribution in [0.25, 0.3) is 0 Å². The van der Waals surface area contributed by atoms with Crippen molar-refractivity contribution in [1.29, 1.82) is 0 Å². The SMILES string of the molecule is COc1c(F)c(F)c(C(=O)Nc2ccc(Cl)cc2)c(F)c1F. The highest BCUT2D eigenvalue weighted by atomic mass is 35.5. The number of hydrogen-bond acceptors (Lipinski definition) is 2. The molecule has 0 aliphatic carbocycles. The van der Waals surface area contributed by atoms with Crippen molar-refractivity contribution in [3.05, 3.63) is 58.1 Å². The molecule has 3 nitrogen and oxygen atoms in total. The number of carbonyl (C=O) groups excluding carboxylic acids is 1. The maximum Gasteiger partial charge on any atom is 0.261 e. The molecule has 0 aliphatic heterocycles. The number of halogens is 5. The lowest BCUT2D eigenvalue weighted by molar-refractivity contribution is 0.101. The zero-order valence-electron chi connectivity index (χ0n) is 11.0. The van der Waals surface area contributed by atoms with Crippen LogP contribution in [0.15, 0.2) is 24.3 Å². The van der Waals surface area contributed by atoms with Crippen LogP contribution in [-0.2, 0) is 0 Å². The Kier molecular flexibility index (Phi) is 4.56. The van der Waals surface area contributed by atoms with E-state index in [2.05, 4.69) is 10.1 Å². The van der Waals surface area contributed by atoms with Crippen molar-refractivity contribution in [3.63, 3.8) is 0 Å².